The Labute approximate surface area is 151 Å². The lowest BCUT2D eigenvalue weighted by atomic mass is 9.89. The number of hydrogen-bond donors (Lipinski definition) is 0. The Hall–Kier alpha value is -2.54. The van der Waals surface area contributed by atoms with Gasteiger partial charge in [0, 0.05) is 43.7 Å². The van der Waals surface area contributed by atoms with E-state index in [9.17, 15) is 0 Å². The largest absolute Gasteiger partial charge is 0.359 e. The van der Waals surface area contributed by atoms with Crippen LogP contribution in [-0.2, 0) is 19.3 Å². The molecule has 6 nitrogen and oxygen atoms in total. The predicted molar refractivity (Wildman–Crippen MR) is 95.0 cm³/mol. The van der Waals surface area contributed by atoms with Crippen molar-refractivity contribution >= 4 is 0 Å². The molecule has 136 valence electrons. The Morgan fingerprint density at radius 2 is 2.08 bits per heavy atom. The molecular weight excluding hydrogens is 333 g/mol. The molecule has 3 aromatic heterocycles. The minimum atomic E-state index is -1.34. The van der Waals surface area contributed by atoms with Gasteiger partial charge in [-0.05, 0) is 31.9 Å². The van der Waals surface area contributed by atoms with E-state index in [0.29, 0.717) is 38.2 Å². The maximum Gasteiger partial charge on any atom is 0.155 e. The zero-order valence-electron chi connectivity index (χ0n) is 15.0. The first-order chi connectivity index (χ1) is 12.5. The zero-order valence-corrected chi connectivity index (χ0v) is 15.0. The van der Waals surface area contributed by atoms with E-state index in [4.69, 9.17) is 4.52 Å². The molecule has 0 bridgehead atoms. The van der Waals surface area contributed by atoms with Crippen molar-refractivity contribution in [3.05, 3.63) is 53.8 Å². The number of rotatable bonds is 4. The number of piperidine rings is 1. The molecule has 0 saturated carbocycles. The van der Waals surface area contributed by atoms with Gasteiger partial charge < -0.3 is 4.52 Å². The van der Waals surface area contributed by atoms with Crippen LogP contribution in [-0.4, -0.2) is 37.9 Å². The van der Waals surface area contributed by atoms with E-state index in [2.05, 4.69) is 20.1 Å². The van der Waals surface area contributed by atoms with E-state index < -0.39 is 5.67 Å². The highest BCUT2D eigenvalue weighted by Gasteiger charge is 2.37. The van der Waals surface area contributed by atoms with Crippen LogP contribution in [0.4, 0.5) is 4.39 Å². The summed E-state index contributed by atoms with van der Waals surface area (Å²) in [6.45, 7) is 3.95. The van der Waals surface area contributed by atoms with Crippen molar-refractivity contribution in [1.29, 1.82) is 0 Å². The standard InChI is InChI=1S/C19H22FN5O/c1-14-16(12-22-24(14)2)17-11-15(26-23-17)13-25-9-6-19(20,7-10-25)18-5-3-4-8-21-18/h3-5,8,11-12H,6-7,9-10,13H2,1-2H3. The molecule has 0 spiro atoms. The second-order valence-corrected chi connectivity index (χ2v) is 6.90. The molecule has 4 heterocycles. The van der Waals surface area contributed by atoms with Gasteiger partial charge in [0.15, 0.2) is 11.4 Å². The van der Waals surface area contributed by atoms with Crippen molar-refractivity contribution in [3.8, 4) is 11.3 Å². The molecule has 1 saturated heterocycles. The minimum absolute atomic E-state index is 0.437. The molecule has 0 unspecified atom stereocenters. The average Bonchev–Trinajstić information content (AvgIpc) is 3.25. The van der Waals surface area contributed by atoms with Crippen molar-refractivity contribution in [2.75, 3.05) is 13.1 Å². The van der Waals surface area contributed by atoms with E-state index in [1.807, 2.05) is 36.9 Å². The van der Waals surface area contributed by atoms with Gasteiger partial charge in [0.25, 0.3) is 0 Å². The Kier molecular flexibility index (Phi) is 4.32. The summed E-state index contributed by atoms with van der Waals surface area (Å²) in [6, 6.07) is 7.37. The number of alkyl halides is 1. The smallest absolute Gasteiger partial charge is 0.155 e. The van der Waals surface area contributed by atoms with Gasteiger partial charge in [-0.3, -0.25) is 14.6 Å². The first-order valence-corrected chi connectivity index (χ1v) is 8.82. The molecule has 4 rings (SSSR count). The number of pyridine rings is 1. The summed E-state index contributed by atoms with van der Waals surface area (Å²) < 4.78 is 22.5. The zero-order chi connectivity index (χ0) is 18.1. The highest BCUT2D eigenvalue weighted by molar-refractivity contribution is 5.60. The van der Waals surface area contributed by atoms with E-state index >= 15 is 4.39 Å². The molecule has 1 aliphatic heterocycles. The SMILES string of the molecule is Cc1c(-c2cc(CN3CCC(F)(c4ccccn4)CC3)on2)cnn1C. The number of halogens is 1. The van der Waals surface area contributed by atoms with Crippen LogP contribution in [0.2, 0.25) is 0 Å². The highest BCUT2D eigenvalue weighted by Crippen LogP contribution is 2.36. The lowest BCUT2D eigenvalue weighted by Crippen LogP contribution is -2.40. The fourth-order valence-electron chi connectivity index (χ4n) is 3.43. The molecular formula is C19H22FN5O. The highest BCUT2D eigenvalue weighted by atomic mass is 19.1. The average molecular weight is 355 g/mol. The molecule has 0 radical (unpaired) electrons. The summed E-state index contributed by atoms with van der Waals surface area (Å²) in [7, 11) is 1.90. The Morgan fingerprint density at radius 3 is 2.73 bits per heavy atom. The van der Waals surface area contributed by atoms with E-state index in [-0.39, 0.29) is 0 Å². The molecule has 7 heteroatoms. The fraction of sp³-hybridized carbons (Fsp3) is 0.421. The molecule has 0 amide bonds. The quantitative estimate of drug-likeness (QED) is 0.719. The summed E-state index contributed by atoms with van der Waals surface area (Å²) in [5, 5.41) is 8.40. The first-order valence-electron chi connectivity index (χ1n) is 8.82. The number of nitrogens with zero attached hydrogens (tertiary/aromatic N) is 5. The molecule has 0 atom stereocenters. The van der Waals surface area contributed by atoms with Crippen LogP contribution in [0.5, 0.6) is 0 Å². The molecule has 3 aromatic rings. The van der Waals surface area contributed by atoms with Crippen molar-refractivity contribution in [3.63, 3.8) is 0 Å². The maximum atomic E-state index is 15.2. The van der Waals surface area contributed by atoms with Crippen molar-refractivity contribution in [2.24, 2.45) is 7.05 Å². The Balaban J connectivity index is 1.40. The molecule has 0 aromatic carbocycles. The second-order valence-electron chi connectivity index (χ2n) is 6.90. The minimum Gasteiger partial charge on any atom is -0.359 e. The third-order valence-electron chi connectivity index (χ3n) is 5.22. The van der Waals surface area contributed by atoms with Crippen molar-refractivity contribution < 1.29 is 8.91 Å². The van der Waals surface area contributed by atoms with Gasteiger partial charge in [-0.1, -0.05) is 11.2 Å². The van der Waals surface area contributed by atoms with Crippen LogP contribution in [0.3, 0.4) is 0 Å². The normalized spacial score (nSPS) is 17.5. The summed E-state index contributed by atoms with van der Waals surface area (Å²) in [5.74, 6) is 0.785. The summed E-state index contributed by atoms with van der Waals surface area (Å²) in [4.78, 5) is 6.40. The first kappa shape index (κ1) is 16.9. The third kappa shape index (κ3) is 3.14. The van der Waals surface area contributed by atoms with Crippen LogP contribution in [0, 0.1) is 6.92 Å². The number of aryl methyl sites for hydroxylation is 1. The van der Waals surface area contributed by atoms with Crippen LogP contribution in [0.1, 0.15) is 30.0 Å². The van der Waals surface area contributed by atoms with Crippen LogP contribution in [0.25, 0.3) is 11.3 Å². The van der Waals surface area contributed by atoms with E-state index in [1.54, 1.807) is 18.5 Å². The molecule has 26 heavy (non-hydrogen) atoms. The van der Waals surface area contributed by atoms with E-state index in [0.717, 1.165) is 22.7 Å². The van der Waals surface area contributed by atoms with Crippen LogP contribution < -0.4 is 0 Å². The summed E-state index contributed by atoms with van der Waals surface area (Å²) in [5.41, 5.74) is 2.00. The fourth-order valence-corrected chi connectivity index (χ4v) is 3.43. The van der Waals surface area contributed by atoms with Crippen molar-refractivity contribution in [1.82, 2.24) is 24.8 Å². The Bertz CT molecular complexity index is 880. The molecule has 1 fully saturated rings. The molecule has 0 aliphatic carbocycles. The van der Waals surface area contributed by atoms with Gasteiger partial charge in [0.05, 0.1) is 18.4 Å². The van der Waals surface area contributed by atoms with Crippen molar-refractivity contribution in [2.45, 2.75) is 32.0 Å². The van der Waals surface area contributed by atoms with E-state index in [1.165, 1.54) is 0 Å². The number of likely N-dealkylation sites (tertiary alicyclic amines) is 1. The van der Waals surface area contributed by atoms with Gasteiger partial charge in [-0.2, -0.15) is 5.10 Å². The lowest BCUT2D eigenvalue weighted by Gasteiger charge is -2.35. The summed E-state index contributed by atoms with van der Waals surface area (Å²) >= 11 is 0. The summed E-state index contributed by atoms with van der Waals surface area (Å²) in [6.07, 6.45) is 4.32. The number of aromatic nitrogens is 4. The lowest BCUT2D eigenvalue weighted by molar-refractivity contribution is 0.0454. The van der Waals surface area contributed by atoms with Gasteiger partial charge in [-0.15, -0.1) is 0 Å². The molecule has 1 aliphatic rings. The van der Waals surface area contributed by atoms with Crippen LogP contribution >= 0.6 is 0 Å². The third-order valence-corrected chi connectivity index (χ3v) is 5.22. The van der Waals surface area contributed by atoms with Gasteiger partial charge in [0.1, 0.15) is 5.69 Å². The van der Waals surface area contributed by atoms with Gasteiger partial charge in [0.2, 0.25) is 0 Å². The van der Waals surface area contributed by atoms with Gasteiger partial charge >= 0.3 is 0 Å². The Morgan fingerprint density at radius 1 is 1.27 bits per heavy atom. The van der Waals surface area contributed by atoms with Crippen LogP contribution in [0.15, 0.2) is 41.2 Å². The van der Waals surface area contributed by atoms with Gasteiger partial charge in [-0.25, -0.2) is 4.39 Å². The monoisotopic (exact) mass is 355 g/mol. The molecule has 0 N–H and O–H groups in total. The second kappa shape index (κ2) is 6.64. The maximum absolute atomic E-state index is 15.2. The number of hydrogen-bond acceptors (Lipinski definition) is 5. The predicted octanol–water partition coefficient (Wildman–Crippen LogP) is 3.24. The topological polar surface area (TPSA) is 60.0 Å².